The maximum atomic E-state index is 9.60. The molecule has 0 fully saturated rings. The summed E-state index contributed by atoms with van der Waals surface area (Å²) in [5, 5.41) is 7.89. The fourth-order valence-electron chi connectivity index (χ4n) is 0.105. The normalized spacial score (nSPS) is 9.07. The van der Waals surface area contributed by atoms with Crippen LogP contribution in [-0.4, -0.2) is 30.7 Å². The molecule has 0 unspecified atom stereocenters. The number of carboxylic acid groups (broad SMARTS) is 1. The third kappa shape index (κ3) is 22.7. The van der Waals surface area contributed by atoms with E-state index in [-0.39, 0.29) is 41.7 Å². The van der Waals surface area contributed by atoms with E-state index in [0.29, 0.717) is 0 Å². The first-order valence-electron chi connectivity index (χ1n) is 3.00. The van der Waals surface area contributed by atoms with Crippen LogP contribution in [0.2, 0.25) is 0 Å². The van der Waals surface area contributed by atoms with Crippen molar-refractivity contribution < 1.29 is 56.6 Å². The van der Waals surface area contributed by atoms with Gasteiger partial charge < -0.3 is 12.0 Å². The van der Waals surface area contributed by atoms with Gasteiger partial charge in [-0.1, -0.05) is 13.2 Å². The van der Waals surface area contributed by atoms with Crippen LogP contribution in [0.3, 0.4) is 0 Å². The molecule has 0 saturated carbocycles. The van der Waals surface area contributed by atoms with E-state index in [1.54, 1.807) is 0 Å². The summed E-state index contributed by atoms with van der Waals surface area (Å²) in [6.45, 7) is 7.33. The van der Waals surface area contributed by atoms with Crippen LogP contribution >= 0.6 is 0 Å². The summed E-state index contributed by atoms with van der Waals surface area (Å²) in [6, 6.07) is 0. The molecule has 0 aliphatic carbocycles. The molecule has 0 atom stereocenters. The van der Waals surface area contributed by atoms with Gasteiger partial charge in [0.05, 0.1) is 0 Å². The molecule has 0 rings (SSSR count). The van der Waals surface area contributed by atoms with Crippen LogP contribution < -0.4 is 29.6 Å². The van der Waals surface area contributed by atoms with Gasteiger partial charge in [-0.05, 0) is 6.92 Å². The van der Waals surface area contributed by atoms with Gasteiger partial charge in [-0.25, -0.2) is 4.79 Å². The molecule has 0 bridgehead atoms. The van der Waals surface area contributed by atoms with Crippen molar-refractivity contribution in [3.63, 3.8) is 0 Å². The Balaban J connectivity index is -0.000000163. The Labute approximate surface area is 105 Å². The molecule has 0 heterocycles. The van der Waals surface area contributed by atoms with E-state index in [2.05, 4.69) is 17.7 Å². The smallest absolute Gasteiger partial charge is 0.478 e. The van der Waals surface area contributed by atoms with Gasteiger partial charge in [0, 0.05) is 5.57 Å². The van der Waals surface area contributed by atoms with Crippen LogP contribution in [0.15, 0.2) is 12.2 Å². The molecule has 14 heavy (non-hydrogen) atoms. The average Bonchev–Trinajstić information content (AvgIpc) is 1.85. The third-order valence-electron chi connectivity index (χ3n) is 0.597. The second kappa shape index (κ2) is 9.63. The van der Waals surface area contributed by atoms with Crippen LogP contribution in [0, 0.1) is 6.92 Å². The Morgan fingerprint density at radius 3 is 1.86 bits per heavy atom. The first-order valence-corrected chi connectivity index (χ1v) is 4.37. The van der Waals surface area contributed by atoms with Gasteiger partial charge in [0.2, 0.25) is 0 Å². The molecule has 0 aliphatic rings. The van der Waals surface area contributed by atoms with Crippen LogP contribution in [-0.2, 0) is 19.4 Å². The van der Waals surface area contributed by atoms with Crippen LogP contribution in [0.25, 0.3) is 0 Å². The summed E-state index contributed by atoms with van der Waals surface area (Å²) in [6.07, 6.45) is 0. The Hall–Kier alpha value is 0.0800. The number of aliphatic carboxylic acids is 1. The largest absolute Gasteiger partial charge is 1.00 e. The van der Waals surface area contributed by atoms with E-state index >= 15 is 0 Å². The van der Waals surface area contributed by atoms with Gasteiger partial charge in [0.1, 0.15) is 0 Å². The molecule has 0 aromatic heterocycles. The van der Waals surface area contributed by atoms with Gasteiger partial charge in [-0.3, -0.25) is 8.74 Å². The molecule has 0 spiro atoms. The van der Waals surface area contributed by atoms with Crippen molar-refractivity contribution in [2.45, 2.75) is 6.92 Å². The van der Waals surface area contributed by atoms with E-state index < -0.39 is 16.4 Å². The van der Waals surface area contributed by atoms with E-state index in [1.165, 1.54) is 6.92 Å². The van der Waals surface area contributed by atoms with Crippen molar-refractivity contribution in [1.82, 2.24) is 0 Å². The number of hydrogen-bond acceptors (Lipinski definition) is 4. The van der Waals surface area contributed by atoms with Gasteiger partial charge in [-0.15, -0.1) is 0 Å². The van der Waals surface area contributed by atoms with Crippen molar-refractivity contribution in [2.24, 2.45) is 0 Å². The van der Waals surface area contributed by atoms with Crippen LogP contribution in [0.5, 0.6) is 0 Å². The molecule has 8 heteroatoms. The molecule has 6 nitrogen and oxygen atoms in total. The fraction of sp³-hybridized carbons (Fsp3) is 0.333. The Morgan fingerprint density at radius 1 is 1.57 bits per heavy atom. The van der Waals surface area contributed by atoms with Crippen molar-refractivity contribution >= 4 is 16.4 Å². The summed E-state index contributed by atoms with van der Waals surface area (Å²) in [5.41, 5.74) is 0.176. The summed E-state index contributed by atoms with van der Waals surface area (Å²) in [4.78, 5) is 9.60. The molecule has 0 aromatic carbocycles. The van der Waals surface area contributed by atoms with Crippen molar-refractivity contribution in [2.75, 3.05) is 6.61 Å². The minimum Gasteiger partial charge on any atom is -0.478 e. The van der Waals surface area contributed by atoms with Crippen molar-refractivity contribution in [1.29, 1.82) is 0 Å². The molecule has 0 saturated heterocycles. The summed E-state index contributed by atoms with van der Waals surface area (Å²) >= 11 is 0. The van der Waals surface area contributed by atoms with Crippen LogP contribution in [0.1, 0.15) is 6.92 Å². The number of carbonyl (C=O) groups is 1. The Bertz CT molecular complexity index is 258. The second-order valence-corrected chi connectivity index (χ2v) is 2.93. The van der Waals surface area contributed by atoms with Crippen molar-refractivity contribution in [3.05, 3.63) is 19.1 Å². The van der Waals surface area contributed by atoms with E-state index in [9.17, 15) is 13.2 Å². The maximum absolute atomic E-state index is 9.60. The zero-order valence-electron chi connectivity index (χ0n) is 8.06. The molecule has 2 N–H and O–H groups in total. The standard InChI is InChI=1S/C4H6O2.C2H5O4S.Na/c1-3(2)4(5)6;1-2-6-7(3,4)5;/h1H2,2H3,(H,5,6);1-2H2,(H,3,4,5);/q;-1;+1. The maximum Gasteiger partial charge on any atom is 1.00 e. The monoisotopic (exact) mass is 234 g/mol. The zero-order chi connectivity index (χ0) is 11.1. The molecular weight excluding hydrogens is 223 g/mol. The molecule has 0 aromatic rings. The molecule has 0 amide bonds. The minimum absolute atomic E-state index is 0. The predicted molar refractivity (Wildman–Crippen MR) is 45.3 cm³/mol. The molecular formula is C6H11NaO6S. The number of carboxylic acids is 1. The first-order chi connectivity index (χ1) is 5.70. The number of rotatable bonds is 3. The zero-order valence-corrected chi connectivity index (χ0v) is 10.9. The van der Waals surface area contributed by atoms with Crippen molar-refractivity contribution in [3.8, 4) is 0 Å². The minimum atomic E-state index is -4.24. The third-order valence-corrected chi connectivity index (χ3v) is 1.06. The predicted octanol–water partition coefficient (Wildman–Crippen LogP) is -2.71. The van der Waals surface area contributed by atoms with Gasteiger partial charge >= 0.3 is 45.9 Å². The van der Waals surface area contributed by atoms with E-state index in [0.717, 1.165) is 0 Å². The first kappa shape index (κ1) is 19.6. The second-order valence-electron chi connectivity index (χ2n) is 1.84. The van der Waals surface area contributed by atoms with Crippen LogP contribution in [0.4, 0.5) is 0 Å². The SMILES string of the molecule is C=C(C)C(=O)O.[CH2-]COS(=O)(=O)O.[Na+]. The summed E-state index contributed by atoms with van der Waals surface area (Å²) in [5.74, 6) is -0.935. The Morgan fingerprint density at radius 2 is 1.86 bits per heavy atom. The molecule has 0 radical (unpaired) electrons. The summed E-state index contributed by atoms with van der Waals surface area (Å²) < 4.78 is 30.4. The summed E-state index contributed by atoms with van der Waals surface area (Å²) in [7, 11) is -4.24. The fourth-order valence-corrected chi connectivity index (χ4v) is 0.316. The van der Waals surface area contributed by atoms with E-state index in [4.69, 9.17) is 9.66 Å². The van der Waals surface area contributed by atoms with Gasteiger partial charge in [-0.2, -0.15) is 8.42 Å². The van der Waals surface area contributed by atoms with E-state index in [1.807, 2.05) is 0 Å². The average molecular weight is 234 g/mol. The van der Waals surface area contributed by atoms with Gasteiger partial charge in [0.15, 0.2) is 0 Å². The quantitative estimate of drug-likeness (QED) is 0.238. The molecule has 0 aliphatic heterocycles. The number of hydrogen-bond donors (Lipinski definition) is 2. The van der Waals surface area contributed by atoms with Gasteiger partial charge in [0.25, 0.3) is 0 Å². The molecule has 78 valence electrons. The Kier molecular flexibility index (Phi) is 13.5. The topological polar surface area (TPSA) is 101 Å².